The molecule has 1 aromatic carbocycles. The van der Waals surface area contributed by atoms with Gasteiger partial charge in [-0.3, -0.25) is 4.79 Å². The van der Waals surface area contributed by atoms with Crippen molar-refractivity contribution in [3.8, 4) is 0 Å². The Labute approximate surface area is 90.8 Å². The third-order valence-electron chi connectivity index (χ3n) is 2.93. The van der Waals surface area contributed by atoms with Crippen molar-refractivity contribution in [3.63, 3.8) is 0 Å². The van der Waals surface area contributed by atoms with Crippen LogP contribution in [-0.2, 0) is 6.42 Å². The summed E-state index contributed by atoms with van der Waals surface area (Å²) >= 11 is 0. The molecule has 0 saturated carbocycles. The predicted molar refractivity (Wildman–Crippen MR) is 62.0 cm³/mol. The molecule has 0 atom stereocenters. The van der Waals surface area contributed by atoms with Gasteiger partial charge >= 0.3 is 0 Å². The van der Waals surface area contributed by atoms with Crippen LogP contribution in [0.3, 0.4) is 0 Å². The van der Waals surface area contributed by atoms with Crippen LogP contribution in [0, 0.1) is 5.41 Å². The molecule has 0 heterocycles. The molecule has 0 saturated heterocycles. The largest absolute Gasteiger partial charge is 0.289 e. The van der Waals surface area contributed by atoms with Crippen LogP contribution in [-0.4, -0.2) is 5.78 Å². The highest BCUT2D eigenvalue weighted by molar-refractivity contribution is 6.07. The fourth-order valence-corrected chi connectivity index (χ4v) is 1.89. The van der Waals surface area contributed by atoms with Gasteiger partial charge in [0.15, 0.2) is 5.78 Å². The van der Waals surface area contributed by atoms with Crippen LogP contribution >= 0.6 is 0 Å². The van der Waals surface area contributed by atoms with E-state index in [9.17, 15) is 4.79 Å². The molecule has 0 amide bonds. The van der Waals surface area contributed by atoms with Crippen molar-refractivity contribution >= 4 is 5.78 Å². The van der Waals surface area contributed by atoms with Gasteiger partial charge in [-0.05, 0) is 23.5 Å². The molecule has 1 aromatic rings. The second-order valence-corrected chi connectivity index (χ2v) is 5.12. The summed E-state index contributed by atoms with van der Waals surface area (Å²) in [5.41, 5.74) is 3.34. The van der Waals surface area contributed by atoms with E-state index in [0.29, 0.717) is 0 Å². The van der Waals surface area contributed by atoms with E-state index in [2.05, 4.69) is 20.8 Å². The van der Waals surface area contributed by atoms with Gasteiger partial charge in [-0.25, -0.2) is 0 Å². The maximum Gasteiger partial charge on any atom is 0.186 e. The summed E-state index contributed by atoms with van der Waals surface area (Å²) in [6, 6.07) is 7.88. The summed E-state index contributed by atoms with van der Waals surface area (Å²) in [5, 5.41) is 0. The van der Waals surface area contributed by atoms with Crippen molar-refractivity contribution in [2.24, 2.45) is 5.41 Å². The van der Waals surface area contributed by atoms with Crippen LogP contribution in [0.4, 0.5) is 0 Å². The summed E-state index contributed by atoms with van der Waals surface area (Å²) in [5.74, 6) is 0.154. The molecule has 0 aromatic heterocycles. The lowest BCUT2D eigenvalue weighted by Crippen LogP contribution is -2.18. The Bertz CT molecular complexity index is 433. The van der Waals surface area contributed by atoms with Gasteiger partial charge in [-0.2, -0.15) is 0 Å². The van der Waals surface area contributed by atoms with Crippen molar-refractivity contribution in [1.29, 1.82) is 0 Å². The molecule has 78 valence electrons. The Morgan fingerprint density at radius 2 is 1.80 bits per heavy atom. The molecule has 2 rings (SSSR count). The lowest BCUT2D eigenvalue weighted by molar-refractivity contribution is 0.104. The van der Waals surface area contributed by atoms with Crippen LogP contribution in [0.25, 0.3) is 0 Å². The van der Waals surface area contributed by atoms with Crippen molar-refractivity contribution in [2.45, 2.75) is 27.2 Å². The Morgan fingerprint density at radius 3 is 2.47 bits per heavy atom. The minimum atomic E-state index is 0.0865. The van der Waals surface area contributed by atoms with Gasteiger partial charge in [-0.15, -0.1) is 0 Å². The van der Waals surface area contributed by atoms with Gasteiger partial charge in [0.05, 0.1) is 0 Å². The summed E-state index contributed by atoms with van der Waals surface area (Å²) in [4.78, 5) is 11.9. The second kappa shape index (κ2) is 3.34. The zero-order valence-electron chi connectivity index (χ0n) is 9.50. The van der Waals surface area contributed by atoms with Crippen molar-refractivity contribution in [2.75, 3.05) is 0 Å². The molecule has 1 heteroatoms. The average Bonchev–Trinajstić information content (AvgIpc) is 2.16. The SMILES string of the molecule is CC(C)(C)C1=CC(=O)c2ccccc2C1. The highest BCUT2D eigenvalue weighted by Crippen LogP contribution is 2.32. The van der Waals surface area contributed by atoms with E-state index in [1.165, 1.54) is 5.57 Å². The number of carbonyl (C=O) groups is 1. The first kappa shape index (κ1) is 10.2. The van der Waals surface area contributed by atoms with Gasteiger partial charge < -0.3 is 0 Å². The lowest BCUT2D eigenvalue weighted by atomic mass is 9.78. The average molecular weight is 200 g/mol. The normalized spacial score (nSPS) is 15.9. The van der Waals surface area contributed by atoms with Crippen LogP contribution < -0.4 is 0 Å². The number of allylic oxidation sites excluding steroid dienone is 2. The van der Waals surface area contributed by atoms with Gasteiger partial charge in [0.1, 0.15) is 0 Å². The molecule has 0 N–H and O–H groups in total. The first-order valence-corrected chi connectivity index (χ1v) is 5.32. The molecule has 1 aliphatic rings. The van der Waals surface area contributed by atoms with Crippen LogP contribution in [0.2, 0.25) is 0 Å². The highest BCUT2D eigenvalue weighted by Gasteiger charge is 2.24. The molecular formula is C14H16O. The fraction of sp³-hybridized carbons (Fsp3) is 0.357. The monoisotopic (exact) mass is 200 g/mol. The van der Waals surface area contributed by atoms with E-state index in [-0.39, 0.29) is 11.2 Å². The van der Waals surface area contributed by atoms with Crippen LogP contribution in [0.1, 0.15) is 36.7 Å². The smallest absolute Gasteiger partial charge is 0.186 e. The van der Waals surface area contributed by atoms with E-state index in [4.69, 9.17) is 0 Å². The maximum atomic E-state index is 11.9. The van der Waals surface area contributed by atoms with Gasteiger partial charge in [-0.1, -0.05) is 50.6 Å². The molecule has 1 aliphatic carbocycles. The van der Waals surface area contributed by atoms with Crippen molar-refractivity contribution in [3.05, 3.63) is 47.0 Å². The summed E-state index contributed by atoms with van der Waals surface area (Å²) in [7, 11) is 0. The minimum Gasteiger partial charge on any atom is -0.289 e. The lowest BCUT2D eigenvalue weighted by Gasteiger charge is -2.26. The number of rotatable bonds is 0. The second-order valence-electron chi connectivity index (χ2n) is 5.12. The van der Waals surface area contributed by atoms with E-state index in [0.717, 1.165) is 17.5 Å². The topological polar surface area (TPSA) is 17.1 Å². The first-order chi connectivity index (χ1) is 6.98. The quantitative estimate of drug-likeness (QED) is 0.627. The maximum absolute atomic E-state index is 11.9. The van der Waals surface area contributed by atoms with Crippen molar-refractivity contribution in [1.82, 2.24) is 0 Å². The molecule has 0 bridgehead atoms. The van der Waals surface area contributed by atoms with E-state index < -0.39 is 0 Å². The number of ketones is 1. The fourth-order valence-electron chi connectivity index (χ4n) is 1.89. The molecule has 15 heavy (non-hydrogen) atoms. The molecule has 0 spiro atoms. The highest BCUT2D eigenvalue weighted by atomic mass is 16.1. The Hall–Kier alpha value is -1.37. The van der Waals surface area contributed by atoms with Gasteiger partial charge in [0.2, 0.25) is 0 Å². The number of hydrogen-bond acceptors (Lipinski definition) is 1. The van der Waals surface area contributed by atoms with Gasteiger partial charge in [0, 0.05) is 5.56 Å². The summed E-state index contributed by atoms with van der Waals surface area (Å²) < 4.78 is 0. The Morgan fingerprint density at radius 1 is 1.13 bits per heavy atom. The van der Waals surface area contributed by atoms with Gasteiger partial charge in [0.25, 0.3) is 0 Å². The predicted octanol–water partition coefficient (Wildman–Crippen LogP) is 3.40. The standard InChI is InChI=1S/C14H16O/c1-14(2,3)11-8-10-6-4-5-7-12(10)13(15)9-11/h4-7,9H,8H2,1-3H3. The Balaban J connectivity index is 2.45. The van der Waals surface area contributed by atoms with Crippen LogP contribution in [0.5, 0.6) is 0 Å². The molecule has 0 aliphatic heterocycles. The third-order valence-corrected chi connectivity index (χ3v) is 2.93. The zero-order chi connectivity index (χ0) is 11.1. The molecule has 0 unspecified atom stereocenters. The number of hydrogen-bond donors (Lipinski definition) is 0. The van der Waals surface area contributed by atoms with E-state index in [1.54, 1.807) is 0 Å². The third kappa shape index (κ3) is 1.87. The first-order valence-electron chi connectivity index (χ1n) is 5.32. The molecule has 0 fully saturated rings. The number of fused-ring (bicyclic) bond motifs is 1. The number of carbonyl (C=O) groups excluding carboxylic acids is 1. The van der Waals surface area contributed by atoms with Crippen LogP contribution in [0.15, 0.2) is 35.9 Å². The zero-order valence-corrected chi connectivity index (χ0v) is 9.50. The molecule has 0 radical (unpaired) electrons. The molecular weight excluding hydrogens is 184 g/mol. The summed E-state index contributed by atoms with van der Waals surface area (Å²) in [6.07, 6.45) is 2.72. The Kier molecular flexibility index (Phi) is 2.26. The minimum absolute atomic E-state index is 0.0865. The van der Waals surface area contributed by atoms with E-state index in [1.807, 2.05) is 30.3 Å². The van der Waals surface area contributed by atoms with E-state index >= 15 is 0 Å². The summed E-state index contributed by atoms with van der Waals surface area (Å²) in [6.45, 7) is 6.46. The van der Waals surface area contributed by atoms with Crippen molar-refractivity contribution < 1.29 is 4.79 Å². The molecule has 1 nitrogen and oxygen atoms in total. The number of benzene rings is 1.